The Bertz CT molecular complexity index is 434. The van der Waals surface area contributed by atoms with Gasteiger partial charge in [0.15, 0.2) is 0 Å². The largest absolute Gasteiger partial charge is 0.507 e. The third-order valence-corrected chi connectivity index (χ3v) is 2.87. The average molecular weight is 359 g/mol. The molecule has 1 rings (SSSR count). The normalized spacial score (nSPS) is 11.4. The maximum atomic E-state index is 12.1. The summed E-state index contributed by atoms with van der Waals surface area (Å²) in [6, 6.07) is 3.98. The monoisotopic (exact) mass is 359 g/mol. The number of phenols is 1. The molecule has 0 aliphatic carbocycles. The van der Waals surface area contributed by atoms with Crippen molar-refractivity contribution in [3.05, 3.63) is 27.3 Å². The zero-order chi connectivity index (χ0) is 13.2. The van der Waals surface area contributed by atoms with E-state index in [2.05, 4.69) is 0 Å². The first kappa shape index (κ1) is 14.1. The van der Waals surface area contributed by atoms with Gasteiger partial charge in [-0.05, 0) is 40.8 Å². The molecule has 3 nitrogen and oxygen atoms in total. The fraction of sp³-hybridized carbons (Fsp3) is 0.300. The van der Waals surface area contributed by atoms with Gasteiger partial charge in [0.1, 0.15) is 12.3 Å². The molecule has 0 spiro atoms. The first-order chi connectivity index (χ1) is 7.70. The van der Waals surface area contributed by atoms with E-state index in [-0.39, 0.29) is 11.3 Å². The Labute approximate surface area is 109 Å². The van der Waals surface area contributed by atoms with Gasteiger partial charge >= 0.3 is 6.18 Å². The Kier molecular flexibility index (Phi) is 4.23. The summed E-state index contributed by atoms with van der Waals surface area (Å²) in [4.78, 5) is 12.2. The lowest BCUT2D eigenvalue weighted by Gasteiger charge is -2.19. The lowest BCUT2D eigenvalue weighted by atomic mass is 10.2. The van der Waals surface area contributed by atoms with Crippen molar-refractivity contribution in [2.45, 2.75) is 6.18 Å². The predicted molar refractivity (Wildman–Crippen MR) is 63.8 cm³/mol. The number of hydrogen-bond acceptors (Lipinski definition) is 2. The first-order valence-corrected chi connectivity index (χ1v) is 5.59. The van der Waals surface area contributed by atoms with Crippen LogP contribution < -0.4 is 0 Å². The number of hydrogen-bond donors (Lipinski definition) is 1. The van der Waals surface area contributed by atoms with Gasteiger partial charge in [0, 0.05) is 12.6 Å². The van der Waals surface area contributed by atoms with Crippen molar-refractivity contribution in [1.29, 1.82) is 0 Å². The van der Waals surface area contributed by atoms with Crippen LogP contribution in [0, 0.1) is 3.57 Å². The van der Waals surface area contributed by atoms with Gasteiger partial charge in [-0.15, -0.1) is 0 Å². The van der Waals surface area contributed by atoms with E-state index in [1.807, 2.05) is 22.6 Å². The second kappa shape index (κ2) is 5.11. The minimum absolute atomic E-state index is 0.0228. The molecule has 1 N–H and O–H groups in total. The molecule has 17 heavy (non-hydrogen) atoms. The molecular formula is C10H9F3INO2. The SMILES string of the molecule is CN(CC(F)(F)F)C(=O)c1ccc(I)c(O)c1. The zero-order valence-electron chi connectivity index (χ0n) is 8.75. The molecule has 0 heterocycles. The van der Waals surface area contributed by atoms with Crippen molar-refractivity contribution in [3.63, 3.8) is 0 Å². The second-order valence-electron chi connectivity index (χ2n) is 3.44. The predicted octanol–water partition coefficient (Wildman–Crippen LogP) is 2.63. The fourth-order valence-corrected chi connectivity index (χ4v) is 1.54. The number of benzene rings is 1. The Morgan fingerprint density at radius 3 is 2.53 bits per heavy atom. The highest BCUT2D eigenvalue weighted by molar-refractivity contribution is 14.1. The van der Waals surface area contributed by atoms with Crippen LogP contribution in [0.2, 0.25) is 0 Å². The number of nitrogens with zero attached hydrogens (tertiary/aromatic N) is 1. The third kappa shape index (κ3) is 4.06. The molecule has 0 saturated heterocycles. The number of aromatic hydroxyl groups is 1. The van der Waals surface area contributed by atoms with Crippen molar-refractivity contribution in [2.24, 2.45) is 0 Å². The summed E-state index contributed by atoms with van der Waals surface area (Å²) in [6.45, 7) is -1.32. The minimum atomic E-state index is -4.43. The van der Waals surface area contributed by atoms with Gasteiger partial charge in [0.05, 0.1) is 3.57 Å². The number of carbonyl (C=O) groups excluding carboxylic acids is 1. The van der Waals surface area contributed by atoms with Crippen LogP contribution in [0.25, 0.3) is 0 Å². The van der Waals surface area contributed by atoms with Gasteiger partial charge in [-0.1, -0.05) is 0 Å². The molecule has 1 amide bonds. The van der Waals surface area contributed by atoms with E-state index >= 15 is 0 Å². The van der Waals surface area contributed by atoms with Crippen LogP contribution in [0.5, 0.6) is 5.75 Å². The van der Waals surface area contributed by atoms with Gasteiger partial charge in [-0.3, -0.25) is 4.79 Å². The van der Waals surface area contributed by atoms with Crippen molar-refractivity contribution in [2.75, 3.05) is 13.6 Å². The molecule has 0 atom stereocenters. The maximum Gasteiger partial charge on any atom is 0.406 e. The zero-order valence-corrected chi connectivity index (χ0v) is 10.9. The molecule has 0 unspecified atom stereocenters. The molecule has 0 aliphatic heterocycles. The van der Waals surface area contributed by atoms with Crippen molar-refractivity contribution in [1.82, 2.24) is 4.90 Å². The summed E-state index contributed by atoms with van der Waals surface area (Å²) in [7, 11) is 1.06. The molecule has 0 saturated carbocycles. The molecule has 1 aromatic rings. The van der Waals surface area contributed by atoms with Crippen molar-refractivity contribution < 1.29 is 23.1 Å². The summed E-state index contributed by atoms with van der Waals surface area (Å²) in [5.41, 5.74) is 0.0228. The topological polar surface area (TPSA) is 40.5 Å². The van der Waals surface area contributed by atoms with Gasteiger partial charge in [-0.2, -0.15) is 13.2 Å². The first-order valence-electron chi connectivity index (χ1n) is 4.51. The Hall–Kier alpha value is -0.990. The quantitative estimate of drug-likeness (QED) is 0.825. The fourth-order valence-electron chi connectivity index (χ4n) is 1.21. The van der Waals surface area contributed by atoms with E-state index < -0.39 is 18.6 Å². The van der Waals surface area contributed by atoms with E-state index in [0.717, 1.165) is 13.1 Å². The third-order valence-electron chi connectivity index (χ3n) is 1.96. The summed E-state index contributed by atoms with van der Waals surface area (Å²) in [5.74, 6) is -0.911. The smallest absolute Gasteiger partial charge is 0.406 e. The molecule has 0 fully saturated rings. The van der Waals surface area contributed by atoms with Crippen LogP contribution in [0.15, 0.2) is 18.2 Å². The van der Waals surface area contributed by atoms with Crippen LogP contribution in [0.3, 0.4) is 0 Å². The van der Waals surface area contributed by atoms with Gasteiger partial charge < -0.3 is 10.0 Å². The summed E-state index contributed by atoms with van der Waals surface area (Å²) >= 11 is 1.85. The highest BCUT2D eigenvalue weighted by atomic mass is 127. The summed E-state index contributed by atoms with van der Waals surface area (Å²) in [5, 5.41) is 9.36. The van der Waals surface area contributed by atoms with Crippen molar-refractivity contribution in [3.8, 4) is 5.75 Å². The minimum Gasteiger partial charge on any atom is -0.507 e. The lowest BCUT2D eigenvalue weighted by molar-refractivity contribution is -0.138. The van der Waals surface area contributed by atoms with Gasteiger partial charge in [0.2, 0.25) is 0 Å². The van der Waals surface area contributed by atoms with Crippen LogP contribution in [0.1, 0.15) is 10.4 Å². The number of carbonyl (C=O) groups is 1. The van der Waals surface area contributed by atoms with E-state index in [4.69, 9.17) is 0 Å². The van der Waals surface area contributed by atoms with Crippen LogP contribution >= 0.6 is 22.6 Å². The van der Waals surface area contributed by atoms with Crippen molar-refractivity contribution >= 4 is 28.5 Å². The van der Waals surface area contributed by atoms with Gasteiger partial charge in [-0.25, -0.2) is 0 Å². The lowest BCUT2D eigenvalue weighted by Crippen LogP contribution is -2.35. The number of amides is 1. The molecule has 1 aromatic carbocycles. The van der Waals surface area contributed by atoms with Crippen LogP contribution in [0.4, 0.5) is 13.2 Å². The molecule has 94 valence electrons. The molecule has 0 aromatic heterocycles. The highest BCUT2D eigenvalue weighted by Crippen LogP contribution is 2.22. The molecular weight excluding hydrogens is 350 g/mol. The van der Waals surface area contributed by atoms with E-state index in [1.54, 1.807) is 0 Å². The van der Waals surface area contributed by atoms with E-state index in [0.29, 0.717) is 8.47 Å². The van der Waals surface area contributed by atoms with Crippen LogP contribution in [-0.2, 0) is 0 Å². The van der Waals surface area contributed by atoms with Crippen LogP contribution in [-0.4, -0.2) is 35.7 Å². The second-order valence-corrected chi connectivity index (χ2v) is 4.60. The average Bonchev–Trinajstić information content (AvgIpc) is 2.18. The molecule has 0 bridgehead atoms. The maximum absolute atomic E-state index is 12.1. The number of phenolic OH excluding ortho intramolecular Hbond substituents is 1. The number of rotatable bonds is 2. The molecule has 0 aliphatic rings. The van der Waals surface area contributed by atoms with E-state index in [1.165, 1.54) is 12.1 Å². The van der Waals surface area contributed by atoms with E-state index in [9.17, 15) is 23.1 Å². The number of alkyl halides is 3. The number of halogens is 4. The summed E-state index contributed by atoms with van der Waals surface area (Å²) < 4.78 is 36.8. The standard InChI is InChI=1S/C10H9F3INO2/c1-15(5-10(11,12)13)9(17)6-2-3-7(14)8(16)4-6/h2-4,16H,5H2,1H3. The summed E-state index contributed by atoms with van der Waals surface area (Å²) in [6.07, 6.45) is -4.43. The Morgan fingerprint density at radius 2 is 2.06 bits per heavy atom. The highest BCUT2D eigenvalue weighted by Gasteiger charge is 2.31. The Morgan fingerprint density at radius 1 is 1.47 bits per heavy atom. The van der Waals surface area contributed by atoms with Gasteiger partial charge in [0.25, 0.3) is 5.91 Å². The molecule has 7 heteroatoms. The molecule has 0 radical (unpaired) electrons. The Balaban J connectivity index is 2.85.